The number of anilines is 1. The highest BCUT2D eigenvalue weighted by Gasteiger charge is 2.15. The van der Waals surface area contributed by atoms with Crippen molar-refractivity contribution < 1.29 is 4.84 Å². The molecule has 1 N–H and O–H groups in total. The van der Waals surface area contributed by atoms with Gasteiger partial charge in [-0.2, -0.15) is 0 Å². The third-order valence-electron chi connectivity index (χ3n) is 1.83. The third-order valence-corrected chi connectivity index (χ3v) is 2.78. The Kier molecular flexibility index (Phi) is 0.830. The monoisotopic (exact) mass is 163 g/mol. The maximum Gasteiger partial charge on any atom is 0.165 e. The lowest BCUT2D eigenvalue weighted by Gasteiger charge is -1.95. The van der Waals surface area contributed by atoms with Gasteiger partial charge in [-0.15, -0.1) is 11.3 Å². The molecule has 0 unspecified atom stereocenters. The molecule has 0 saturated carbocycles. The highest BCUT2D eigenvalue weighted by molar-refractivity contribution is 7.17. The fourth-order valence-electron chi connectivity index (χ4n) is 1.33. The number of rotatable bonds is 0. The summed E-state index contributed by atoms with van der Waals surface area (Å²) in [5, 5.41) is 3.29. The second-order valence-electron chi connectivity index (χ2n) is 2.48. The van der Waals surface area contributed by atoms with Gasteiger partial charge in [0, 0.05) is 10.1 Å². The van der Waals surface area contributed by atoms with E-state index in [9.17, 15) is 0 Å². The summed E-state index contributed by atoms with van der Waals surface area (Å²) >= 11 is 1.74. The number of benzene rings is 1. The Balaban J connectivity index is 2.61. The molecule has 1 aliphatic rings. The van der Waals surface area contributed by atoms with Crippen LogP contribution in [-0.4, -0.2) is 0 Å². The zero-order valence-electron chi connectivity index (χ0n) is 5.63. The first kappa shape index (κ1) is 5.43. The van der Waals surface area contributed by atoms with E-state index >= 15 is 0 Å². The van der Waals surface area contributed by atoms with E-state index in [-0.39, 0.29) is 0 Å². The predicted molar refractivity (Wildman–Crippen MR) is 46.1 cm³/mol. The lowest BCUT2D eigenvalue weighted by Crippen LogP contribution is -1.95. The van der Waals surface area contributed by atoms with Crippen molar-refractivity contribution >= 4 is 27.1 Å². The van der Waals surface area contributed by atoms with E-state index in [1.54, 1.807) is 11.3 Å². The SMILES string of the molecule is c1cc2c3c(csc3c1)NO2. The summed E-state index contributed by atoms with van der Waals surface area (Å²) in [5.74, 6) is 0.943. The topological polar surface area (TPSA) is 21.3 Å². The fourth-order valence-corrected chi connectivity index (χ4v) is 2.22. The Hall–Kier alpha value is -1.22. The van der Waals surface area contributed by atoms with Crippen LogP contribution >= 0.6 is 11.3 Å². The average molecular weight is 163 g/mol. The van der Waals surface area contributed by atoms with Gasteiger partial charge in [0.1, 0.15) is 0 Å². The molecule has 0 spiro atoms. The minimum absolute atomic E-state index is 0.943. The van der Waals surface area contributed by atoms with Gasteiger partial charge in [0.2, 0.25) is 0 Å². The normalized spacial score (nSPS) is 13.1. The van der Waals surface area contributed by atoms with E-state index in [2.05, 4.69) is 16.9 Å². The van der Waals surface area contributed by atoms with Crippen LogP contribution in [0, 0.1) is 0 Å². The highest BCUT2D eigenvalue weighted by Crippen LogP contribution is 2.40. The summed E-state index contributed by atoms with van der Waals surface area (Å²) in [5.41, 5.74) is 3.96. The van der Waals surface area contributed by atoms with E-state index in [4.69, 9.17) is 4.84 Å². The lowest BCUT2D eigenvalue weighted by atomic mass is 10.2. The molecule has 0 radical (unpaired) electrons. The summed E-state index contributed by atoms with van der Waals surface area (Å²) in [7, 11) is 0. The summed E-state index contributed by atoms with van der Waals surface area (Å²) in [6.07, 6.45) is 0. The summed E-state index contributed by atoms with van der Waals surface area (Å²) < 4.78 is 1.28. The van der Waals surface area contributed by atoms with Crippen LogP contribution in [0.25, 0.3) is 10.1 Å². The molecule has 3 heteroatoms. The average Bonchev–Trinajstić information content (AvgIpc) is 2.60. The van der Waals surface area contributed by atoms with Crippen LogP contribution in [0.15, 0.2) is 23.6 Å². The standard InChI is InChI=1S/C8H5NOS/c1-2-6-8-5(9-10-6)4-11-7(8)3-1/h1-4,9H. The van der Waals surface area contributed by atoms with E-state index in [1.807, 2.05) is 12.1 Å². The van der Waals surface area contributed by atoms with Gasteiger partial charge in [0.15, 0.2) is 5.75 Å². The van der Waals surface area contributed by atoms with Crippen molar-refractivity contribution in [1.82, 2.24) is 0 Å². The van der Waals surface area contributed by atoms with Gasteiger partial charge in [-0.05, 0) is 12.1 Å². The van der Waals surface area contributed by atoms with Crippen molar-refractivity contribution in [2.24, 2.45) is 0 Å². The highest BCUT2D eigenvalue weighted by atomic mass is 32.1. The van der Waals surface area contributed by atoms with E-state index in [0.717, 1.165) is 11.4 Å². The zero-order chi connectivity index (χ0) is 7.26. The Morgan fingerprint density at radius 1 is 1.36 bits per heavy atom. The van der Waals surface area contributed by atoms with Crippen LogP contribution in [-0.2, 0) is 0 Å². The Bertz CT molecular complexity index is 421. The molecule has 0 aliphatic carbocycles. The first-order valence-electron chi connectivity index (χ1n) is 3.38. The molecule has 0 bridgehead atoms. The van der Waals surface area contributed by atoms with Gasteiger partial charge in [-0.25, -0.2) is 5.48 Å². The predicted octanol–water partition coefficient (Wildman–Crippen LogP) is 2.62. The molecule has 11 heavy (non-hydrogen) atoms. The second-order valence-corrected chi connectivity index (χ2v) is 3.39. The van der Waals surface area contributed by atoms with Crippen LogP contribution in [0.2, 0.25) is 0 Å². The molecule has 1 aromatic heterocycles. The largest absolute Gasteiger partial charge is 0.381 e. The summed E-state index contributed by atoms with van der Waals surface area (Å²) in [6.45, 7) is 0. The van der Waals surface area contributed by atoms with Gasteiger partial charge in [-0.1, -0.05) is 6.07 Å². The molecule has 1 aromatic carbocycles. The fraction of sp³-hybridized carbons (Fsp3) is 0. The van der Waals surface area contributed by atoms with Gasteiger partial charge in [0.25, 0.3) is 0 Å². The molecule has 0 atom stereocenters. The van der Waals surface area contributed by atoms with Crippen LogP contribution in [0.5, 0.6) is 5.75 Å². The van der Waals surface area contributed by atoms with Gasteiger partial charge >= 0.3 is 0 Å². The Morgan fingerprint density at radius 2 is 2.36 bits per heavy atom. The number of hydrogen-bond donors (Lipinski definition) is 1. The van der Waals surface area contributed by atoms with E-state index < -0.39 is 0 Å². The van der Waals surface area contributed by atoms with Crippen molar-refractivity contribution in [2.45, 2.75) is 0 Å². The van der Waals surface area contributed by atoms with Crippen LogP contribution in [0.4, 0.5) is 5.69 Å². The molecule has 3 rings (SSSR count). The Labute approximate surface area is 67.4 Å². The zero-order valence-corrected chi connectivity index (χ0v) is 6.44. The molecule has 1 aliphatic heterocycles. The van der Waals surface area contributed by atoms with Crippen molar-refractivity contribution in [3.8, 4) is 5.75 Å². The van der Waals surface area contributed by atoms with Crippen LogP contribution in [0.3, 0.4) is 0 Å². The van der Waals surface area contributed by atoms with Gasteiger partial charge in [0.05, 0.1) is 11.1 Å². The quantitative estimate of drug-likeness (QED) is 0.644. The maximum absolute atomic E-state index is 5.21. The smallest absolute Gasteiger partial charge is 0.165 e. The second kappa shape index (κ2) is 1.68. The molecule has 2 nitrogen and oxygen atoms in total. The summed E-state index contributed by atoms with van der Waals surface area (Å²) in [4.78, 5) is 5.21. The van der Waals surface area contributed by atoms with Crippen molar-refractivity contribution in [3.05, 3.63) is 23.6 Å². The van der Waals surface area contributed by atoms with E-state index in [1.165, 1.54) is 10.1 Å². The van der Waals surface area contributed by atoms with Gasteiger partial charge in [-0.3, -0.25) is 0 Å². The van der Waals surface area contributed by atoms with Crippen molar-refractivity contribution in [3.63, 3.8) is 0 Å². The molecule has 0 amide bonds. The number of thiophene rings is 1. The molecule has 2 aromatic rings. The molecule has 2 heterocycles. The molecule has 0 saturated heterocycles. The molecular weight excluding hydrogens is 158 g/mol. The van der Waals surface area contributed by atoms with Crippen molar-refractivity contribution in [1.29, 1.82) is 0 Å². The third kappa shape index (κ3) is 0.563. The van der Waals surface area contributed by atoms with Crippen LogP contribution < -0.4 is 10.3 Å². The Morgan fingerprint density at radius 3 is 3.36 bits per heavy atom. The first-order chi connectivity index (χ1) is 5.45. The minimum Gasteiger partial charge on any atom is -0.381 e. The number of nitrogens with one attached hydrogen (secondary N) is 1. The minimum atomic E-state index is 0.943. The molecule has 0 fully saturated rings. The molecular formula is C8H5NOS. The lowest BCUT2D eigenvalue weighted by molar-refractivity contribution is 0.423. The van der Waals surface area contributed by atoms with Crippen LogP contribution in [0.1, 0.15) is 0 Å². The maximum atomic E-state index is 5.21. The summed E-state index contributed by atoms with van der Waals surface area (Å²) in [6, 6.07) is 6.08. The van der Waals surface area contributed by atoms with Crippen molar-refractivity contribution in [2.75, 3.05) is 5.48 Å². The molecule has 54 valence electrons. The number of hydrogen-bond acceptors (Lipinski definition) is 3. The first-order valence-corrected chi connectivity index (χ1v) is 4.26. The van der Waals surface area contributed by atoms with Gasteiger partial charge < -0.3 is 4.84 Å². The van der Waals surface area contributed by atoms with E-state index in [0.29, 0.717) is 0 Å².